The third-order valence-electron chi connectivity index (χ3n) is 4.08. The molecule has 0 spiro atoms. The molecule has 0 bridgehead atoms. The van der Waals surface area contributed by atoms with Gasteiger partial charge in [0, 0.05) is 12.8 Å². The maximum absolute atomic E-state index is 12.2. The van der Waals surface area contributed by atoms with E-state index in [1.165, 1.54) is 11.6 Å². The fraction of sp³-hybridized carbons (Fsp3) is 0.389. The normalized spacial score (nSPS) is 18.5. The Hall–Kier alpha value is -2.12. The Morgan fingerprint density at radius 2 is 2.12 bits per heavy atom. The average molecular weight is 361 g/mol. The summed E-state index contributed by atoms with van der Waals surface area (Å²) >= 11 is 0. The minimum Gasteiger partial charge on any atom is -0.376 e. The highest BCUT2D eigenvalue weighted by Crippen LogP contribution is 2.16. The van der Waals surface area contributed by atoms with E-state index in [1.807, 2.05) is 31.2 Å². The molecule has 1 saturated heterocycles. The molecule has 1 unspecified atom stereocenters. The summed E-state index contributed by atoms with van der Waals surface area (Å²) in [5, 5.41) is 5.37. The van der Waals surface area contributed by atoms with Crippen LogP contribution in [-0.4, -0.2) is 30.9 Å². The number of sulfonamides is 1. The second kappa shape index (κ2) is 7.84. The van der Waals surface area contributed by atoms with Crippen molar-refractivity contribution in [3.05, 3.63) is 53.2 Å². The van der Waals surface area contributed by atoms with Gasteiger partial charge < -0.3 is 4.74 Å². The Morgan fingerprint density at radius 1 is 1.32 bits per heavy atom. The second-order valence-corrected chi connectivity index (χ2v) is 7.87. The van der Waals surface area contributed by atoms with Crippen LogP contribution in [0.4, 0.5) is 5.69 Å². The van der Waals surface area contributed by atoms with Gasteiger partial charge in [-0.2, -0.15) is 5.10 Å². The van der Waals surface area contributed by atoms with Crippen LogP contribution in [0.25, 0.3) is 6.08 Å². The van der Waals surface area contributed by atoms with Crippen molar-refractivity contribution in [1.82, 2.24) is 9.78 Å². The molecule has 0 radical (unpaired) electrons. The van der Waals surface area contributed by atoms with Gasteiger partial charge in [-0.15, -0.1) is 0 Å². The van der Waals surface area contributed by atoms with Crippen LogP contribution in [0.3, 0.4) is 0 Å². The Labute approximate surface area is 148 Å². The number of rotatable bonds is 6. The lowest BCUT2D eigenvalue weighted by Crippen LogP contribution is -2.24. The molecule has 1 aliphatic heterocycles. The van der Waals surface area contributed by atoms with Gasteiger partial charge in [0.1, 0.15) is 0 Å². The topological polar surface area (TPSA) is 73.2 Å². The number of hydrogen-bond acceptors (Lipinski definition) is 4. The van der Waals surface area contributed by atoms with E-state index in [2.05, 4.69) is 9.82 Å². The van der Waals surface area contributed by atoms with Gasteiger partial charge in [-0.3, -0.25) is 9.40 Å². The van der Waals surface area contributed by atoms with Crippen molar-refractivity contribution in [3.8, 4) is 0 Å². The van der Waals surface area contributed by atoms with E-state index in [1.54, 1.807) is 17.0 Å². The quantitative estimate of drug-likeness (QED) is 0.858. The molecule has 1 aliphatic rings. The largest absolute Gasteiger partial charge is 0.376 e. The summed E-state index contributed by atoms with van der Waals surface area (Å²) < 4.78 is 34.3. The van der Waals surface area contributed by atoms with Crippen molar-refractivity contribution in [2.75, 3.05) is 11.3 Å². The molecule has 1 fully saturated rings. The first-order valence-electron chi connectivity index (χ1n) is 8.42. The van der Waals surface area contributed by atoms with Gasteiger partial charge in [-0.05, 0) is 37.8 Å². The number of hydrogen-bond donors (Lipinski definition) is 1. The third-order valence-corrected chi connectivity index (χ3v) is 5.09. The highest BCUT2D eigenvalue weighted by atomic mass is 32.2. The van der Waals surface area contributed by atoms with Crippen molar-refractivity contribution < 1.29 is 13.2 Å². The Bertz CT molecular complexity index is 820. The molecule has 0 saturated carbocycles. The molecule has 25 heavy (non-hydrogen) atoms. The first kappa shape index (κ1) is 17.7. The molecular weight excluding hydrogens is 338 g/mol. The fourth-order valence-electron chi connectivity index (χ4n) is 2.72. The van der Waals surface area contributed by atoms with Gasteiger partial charge in [-0.1, -0.05) is 29.8 Å². The Kier molecular flexibility index (Phi) is 5.55. The summed E-state index contributed by atoms with van der Waals surface area (Å²) in [6, 6.07) is 7.64. The number of aryl methyl sites for hydroxylation is 1. The van der Waals surface area contributed by atoms with Crippen LogP contribution in [-0.2, 0) is 21.3 Å². The molecule has 3 rings (SSSR count). The van der Waals surface area contributed by atoms with E-state index in [0.717, 1.165) is 37.0 Å². The minimum absolute atomic E-state index is 0.152. The zero-order valence-corrected chi connectivity index (χ0v) is 15.1. The second-order valence-electron chi connectivity index (χ2n) is 6.30. The van der Waals surface area contributed by atoms with Crippen LogP contribution in [0.5, 0.6) is 0 Å². The van der Waals surface area contributed by atoms with Crippen LogP contribution < -0.4 is 4.72 Å². The van der Waals surface area contributed by atoms with Crippen LogP contribution >= 0.6 is 0 Å². The lowest BCUT2D eigenvalue weighted by Gasteiger charge is -2.22. The monoisotopic (exact) mass is 361 g/mol. The molecule has 1 aromatic carbocycles. The van der Waals surface area contributed by atoms with E-state index in [9.17, 15) is 8.42 Å². The van der Waals surface area contributed by atoms with Crippen LogP contribution in [0.1, 0.15) is 30.4 Å². The molecule has 7 heteroatoms. The number of ether oxygens (including phenoxy) is 1. The van der Waals surface area contributed by atoms with Crippen LogP contribution in [0.2, 0.25) is 0 Å². The highest BCUT2D eigenvalue weighted by Gasteiger charge is 2.15. The van der Waals surface area contributed by atoms with Gasteiger partial charge in [0.05, 0.1) is 29.9 Å². The van der Waals surface area contributed by atoms with Gasteiger partial charge in [0.25, 0.3) is 10.0 Å². The molecular formula is C18H23N3O3S. The summed E-state index contributed by atoms with van der Waals surface area (Å²) in [4.78, 5) is 0. The van der Waals surface area contributed by atoms with Crippen molar-refractivity contribution in [2.45, 2.75) is 38.8 Å². The molecule has 1 atom stereocenters. The zero-order chi connectivity index (χ0) is 17.7. The molecule has 0 aliphatic carbocycles. The first-order chi connectivity index (χ1) is 12.0. The fourth-order valence-corrected chi connectivity index (χ4v) is 3.56. The molecule has 1 aromatic heterocycles. The third kappa shape index (κ3) is 5.44. The number of aromatic nitrogens is 2. The molecule has 134 valence electrons. The summed E-state index contributed by atoms with van der Waals surface area (Å²) in [7, 11) is -3.58. The van der Waals surface area contributed by atoms with E-state index >= 15 is 0 Å². The van der Waals surface area contributed by atoms with E-state index in [4.69, 9.17) is 4.74 Å². The maximum Gasteiger partial charge on any atom is 0.255 e. The van der Waals surface area contributed by atoms with Crippen molar-refractivity contribution in [3.63, 3.8) is 0 Å². The van der Waals surface area contributed by atoms with E-state index in [-0.39, 0.29) is 6.10 Å². The predicted molar refractivity (Wildman–Crippen MR) is 98.6 cm³/mol. The first-order valence-corrected chi connectivity index (χ1v) is 9.96. The van der Waals surface area contributed by atoms with Gasteiger partial charge in [0.2, 0.25) is 0 Å². The Morgan fingerprint density at radius 3 is 2.84 bits per heavy atom. The predicted octanol–water partition coefficient (Wildman–Crippen LogP) is 3.17. The van der Waals surface area contributed by atoms with Crippen molar-refractivity contribution in [1.29, 1.82) is 0 Å². The zero-order valence-electron chi connectivity index (χ0n) is 14.3. The van der Waals surface area contributed by atoms with Gasteiger partial charge in [0.15, 0.2) is 0 Å². The molecule has 2 heterocycles. The lowest BCUT2D eigenvalue weighted by atomic mass is 10.1. The van der Waals surface area contributed by atoms with E-state index < -0.39 is 10.0 Å². The van der Waals surface area contributed by atoms with Crippen molar-refractivity contribution >= 4 is 21.8 Å². The number of nitrogens with zero attached hydrogens (tertiary/aromatic N) is 2. The lowest BCUT2D eigenvalue weighted by molar-refractivity contribution is 0.00401. The SMILES string of the molecule is Cc1ccc(/C=C/S(=O)(=O)Nc2cnn(CC3CCCCO3)c2)cc1. The smallest absolute Gasteiger partial charge is 0.255 e. The summed E-state index contributed by atoms with van der Waals surface area (Å²) in [5.74, 6) is 0. The van der Waals surface area contributed by atoms with Crippen molar-refractivity contribution in [2.24, 2.45) is 0 Å². The molecule has 1 N–H and O–H groups in total. The van der Waals surface area contributed by atoms with Crippen LogP contribution in [0, 0.1) is 6.92 Å². The summed E-state index contributed by atoms with van der Waals surface area (Å²) in [5.41, 5.74) is 2.41. The number of benzene rings is 1. The number of nitrogens with one attached hydrogen (secondary N) is 1. The van der Waals surface area contributed by atoms with E-state index in [0.29, 0.717) is 12.2 Å². The summed E-state index contributed by atoms with van der Waals surface area (Å²) in [6.07, 6.45) is 8.21. The number of anilines is 1. The molecule has 0 amide bonds. The van der Waals surface area contributed by atoms with Gasteiger partial charge in [-0.25, -0.2) is 8.42 Å². The van der Waals surface area contributed by atoms with Gasteiger partial charge >= 0.3 is 0 Å². The molecule has 2 aromatic rings. The average Bonchev–Trinajstić information content (AvgIpc) is 3.01. The maximum atomic E-state index is 12.2. The van der Waals surface area contributed by atoms with Crippen LogP contribution in [0.15, 0.2) is 42.1 Å². The highest BCUT2D eigenvalue weighted by molar-refractivity contribution is 7.95. The minimum atomic E-state index is -3.58. The molecule has 6 nitrogen and oxygen atoms in total. The standard InChI is InChI=1S/C18H23N3O3S/c1-15-5-7-16(8-6-15)9-11-25(22,23)20-17-12-19-21(13-17)14-18-4-2-3-10-24-18/h5-9,11-13,18,20H,2-4,10,14H2,1H3/b11-9+. The summed E-state index contributed by atoms with van der Waals surface area (Å²) in [6.45, 7) is 3.41. The Balaban J connectivity index is 1.59.